The zero-order valence-corrected chi connectivity index (χ0v) is 16.2. The number of nitrogens with one attached hydrogen (secondary N) is 2. The van der Waals surface area contributed by atoms with E-state index in [9.17, 15) is 4.79 Å². The number of rotatable bonds is 7. The normalized spacial score (nSPS) is 10.3. The molecule has 2 aromatic heterocycles. The van der Waals surface area contributed by atoms with E-state index >= 15 is 0 Å². The monoisotopic (exact) mass is 396 g/mol. The van der Waals surface area contributed by atoms with E-state index in [-0.39, 0.29) is 5.91 Å². The lowest BCUT2D eigenvalue weighted by atomic mass is 10.2. The number of aromatic nitrogens is 2. The molecular formula is C24H20N4O2. The van der Waals surface area contributed by atoms with Crippen molar-refractivity contribution in [3.63, 3.8) is 0 Å². The molecule has 0 spiro atoms. The van der Waals surface area contributed by atoms with Gasteiger partial charge in [0.05, 0.1) is 11.3 Å². The Morgan fingerprint density at radius 1 is 0.867 bits per heavy atom. The van der Waals surface area contributed by atoms with Crippen molar-refractivity contribution in [2.45, 2.75) is 6.54 Å². The predicted octanol–water partition coefficient (Wildman–Crippen LogP) is 4.94. The van der Waals surface area contributed by atoms with Crippen molar-refractivity contribution < 1.29 is 9.53 Å². The fourth-order valence-corrected chi connectivity index (χ4v) is 2.80. The number of pyridine rings is 2. The van der Waals surface area contributed by atoms with Gasteiger partial charge in [-0.3, -0.25) is 9.78 Å². The van der Waals surface area contributed by atoms with Crippen LogP contribution in [0.2, 0.25) is 0 Å². The van der Waals surface area contributed by atoms with E-state index < -0.39 is 0 Å². The molecule has 2 aromatic carbocycles. The summed E-state index contributed by atoms with van der Waals surface area (Å²) in [7, 11) is 0. The zero-order valence-electron chi connectivity index (χ0n) is 16.2. The summed E-state index contributed by atoms with van der Waals surface area (Å²) in [5.41, 5.74) is 2.26. The first-order valence-corrected chi connectivity index (χ1v) is 9.50. The van der Waals surface area contributed by atoms with E-state index in [2.05, 4.69) is 20.6 Å². The van der Waals surface area contributed by atoms with Gasteiger partial charge in [-0.2, -0.15) is 0 Å². The summed E-state index contributed by atoms with van der Waals surface area (Å²) < 4.78 is 5.96. The van der Waals surface area contributed by atoms with Crippen molar-refractivity contribution >= 4 is 17.4 Å². The van der Waals surface area contributed by atoms with Crippen molar-refractivity contribution in [3.05, 3.63) is 109 Å². The number of ether oxygens (including phenoxy) is 1. The third-order valence-electron chi connectivity index (χ3n) is 4.35. The fourth-order valence-electron chi connectivity index (χ4n) is 2.80. The standard InChI is InChI=1S/C24H20N4O2/c29-24(27-16-18-12-14-25-15-13-18)19-10-11-23(26-17-19)28-21-8-4-5-9-22(21)30-20-6-2-1-3-7-20/h1-15,17H,16H2,(H,26,28)(H,27,29). The SMILES string of the molecule is O=C(NCc1ccncc1)c1ccc(Nc2ccccc2Oc2ccccc2)nc1. The molecule has 6 heteroatoms. The van der Waals surface area contributed by atoms with E-state index in [1.54, 1.807) is 30.7 Å². The number of para-hydroxylation sites is 3. The first-order valence-electron chi connectivity index (χ1n) is 9.50. The Morgan fingerprint density at radius 2 is 1.63 bits per heavy atom. The van der Waals surface area contributed by atoms with Crippen LogP contribution in [0, 0.1) is 0 Å². The topological polar surface area (TPSA) is 76.1 Å². The molecular weight excluding hydrogens is 376 g/mol. The van der Waals surface area contributed by atoms with Gasteiger partial charge in [-0.1, -0.05) is 30.3 Å². The minimum atomic E-state index is -0.182. The van der Waals surface area contributed by atoms with Gasteiger partial charge >= 0.3 is 0 Å². The van der Waals surface area contributed by atoms with E-state index in [0.29, 0.717) is 23.7 Å². The average Bonchev–Trinajstić information content (AvgIpc) is 2.81. The maximum absolute atomic E-state index is 12.3. The Kier molecular flexibility index (Phi) is 5.96. The Morgan fingerprint density at radius 3 is 2.40 bits per heavy atom. The van der Waals surface area contributed by atoms with Gasteiger partial charge < -0.3 is 15.4 Å². The van der Waals surface area contributed by atoms with Crippen molar-refractivity contribution in [2.24, 2.45) is 0 Å². The third-order valence-corrected chi connectivity index (χ3v) is 4.35. The molecule has 0 aliphatic heterocycles. The fraction of sp³-hybridized carbons (Fsp3) is 0.0417. The molecule has 30 heavy (non-hydrogen) atoms. The summed E-state index contributed by atoms with van der Waals surface area (Å²) in [6.45, 7) is 0.436. The van der Waals surface area contributed by atoms with Crippen LogP contribution >= 0.6 is 0 Å². The van der Waals surface area contributed by atoms with Gasteiger partial charge in [-0.25, -0.2) is 4.98 Å². The van der Waals surface area contributed by atoms with E-state index in [1.807, 2.05) is 66.7 Å². The maximum atomic E-state index is 12.3. The number of benzene rings is 2. The molecule has 6 nitrogen and oxygen atoms in total. The summed E-state index contributed by atoms with van der Waals surface area (Å²) in [6.07, 6.45) is 4.94. The molecule has 0 radical (unpaired) electrons. The number of anilines is 2. The molecule has 0 aliphatic rings. The highest BCUT2D eigenvalue weighted by molar-refractivity contribution is 5.94. The number of hydrogen-bond acceptors (Lipinski definition) is 5. The van der Waals surface area contributed by atoms with E-state index in [4.69, 9.17) is 4.74 Å². The van der Waals surface area contributed by atoms with E-state index in [0.717, 1.165) is 17.0 Å². The second-order valence-corrected chi connectivity index (χ2v) is 6.51. The quantitative estimate of drug-likeness (QED) is 0.463. The van der Waals surface area contributed by atoms with Crippen LogP contribution in [0.3, 0.4) is 0 Å². The lowest BCUT2D eigenvalue weighted by molar-refractivity contribution is 0.0950. The predicted molar refractivity (Wildman–Crippen MR) is 116 cm³/mol. The van der Waals surface area contributed by atoms with Gasteiger partial charge in [0.25, 0.3) is 5.91 Å². The molecule has 0 fully saturated rings. The smallest absolute Gasteiger partial charge is 0.253 e. The van der Waals surface area contributed by atoms with E-state index in [1.165, 1.54) is 0 Å². The van der Waals surface area contributed by atoms with Crippen LogP contribution < -0.4 is 15.4 Å². The second kappa shape index (κ2) is 9.34. The summed E-state index contributed by atoms with van der Waals surface area (Å²) >= 11 is 0. The minimum Gasteiger partial charge on any atom is -0.455 e. The van der Waals surface area contributed by atoms with Crippen LogP contribution in [0.4, 0.5) is 11.5 Å². The number of carbonyl (C=O) groups excluding carboxylic acids is 1. The molecule has 4 aromatic rings. The molecule has 0 atom stereocenters. The number of hydrogen-bond donors (Lipinski definition) is 2. The third kappa shape index (κ3) is 4.99. The highest BCUT2D eigenvalue weighted by Crippen LogP contribution is 2.30. The molecule has 2 heterocycles. The molecule has 0 bridgehead atoms. The van der Waals surface area contributed by atoms with Crippen LogP contribution in [-0.4, -0.2) is 15.9 Å². The Hall–Kier alpha value is -4.19. The average molecular weight is 396 g/mol. The summed E-state index contributed by atoms with van der Waals surface area (Å²) in [5, 5.41) is 6.12. The second-order valence-electron chi connectivity index (χ2n) is 6.51. The molecule has 148 valence electrons. The Balaban J connectivity index is 1.41. The van der Waals surface area contributed by atoms with Crippen molar-refractivity contribution in [1.29, 1.82) is 0 Å². The Bertz CT molecular complexity index is 1100. The summed E-state index contributed by atoms with van der Waals surface area (Å²) in [5.74, 6) is 1.87. The first kappa shape index (κ1) is 19.1. The number of nitrogens with zero attached hydrogens (tertiary/aromatic N) is 2. The highest BCUT2D eigenvalue weighted by Gasteiger charge is 2.08. The molecule has 0 aliphatic carbocycles. The number of amides is 1. The van der Waals surface area contributed by atoms with Crippen molar-refractivity contribution in [2.75, 3.05) is 5.32 Å². The van der Waals surface area contributed by atoms with Gasteiger partial charge in [0.2, 0.25) is 0 Å². The molecule has 0 unspecified atom stereocenters. The van der Waals surface area contributed by atoms with Crippen LogP contribution in [0.1, 0.15) is 15.9 Å². The summed E-state index contributed by atoms with van der Waals surface area (Å²) in [6, 6.07) is 24.4. The largest absolute Gasteiger partial charge is 0.455 e. The first-order chi connectivity index (χ1) is 14.8. The molecule has 4 rings (SSSR count). The lowest BCUT2D eigenvalue weighted by Gasteiger charge is -2.13. The van der Waals surface area contributed by atoms with Gasteiger partial charge in [0.1, 0.15) is 11.6 Å². The van der Waals surface area contributed by atoms with Crippen LogP contribution in [0.15, 0.2) is 97.5 Å². The van der Waals surface area contributed by atoms with Crippen molar-refractivity contribution in [3.8, 4) is 11.5 Å². The lowest BCUT2D eigenvalue weighted by Crippen LogP contribution is -2.22. The highest BCUT2D eigenvalue weighted by atomic mass is 16.5. The van der Waals surface area contributed by atoms with Gasteiger partial charge in [0.15, 0.2) is 5.75 Å². The number of carbonyl (C=O) groups is 1. The Labute approximate surface area is 174 Å². The van der Waals surface area contributed by atoms with Crippen LogP contribution in [-0.2, 0) is 6.54 Å². The van der Waals surface area contributed by atoms with Gasteiger partial charge in [-0.15, -0.1) is 0 Å². The molecule has 0 saturated carbocycles. The summed E-state index contributed by atoms with van der Waals surface area (Å²) in [4.78, 5) is 20.7. The van der Waals surface area contributed by atoms with Gasteiger partial charge in [0, 0.05) is 25.1 Å². The molecule has 2 N–H and O–H groups in total. The van der Waals surface area contributed by atoms with Crippen LogP contribution in [0.5, 0.6) is 11.5 Å². The van der Waals surface area contributed by atoms with Gasteiger partial charge in [-0.05, 0) is 54.1 Å². The van der Waals surface area contributed by atoms with Crippen LogP contribution in [0.25, 0.3) is 0 Å². The maximum Gasteiger partial charge on any atom is 0.253 e. The molecule has 1 amide bonds. The van der Waals surface area contributed by atoms with Crippen molar-refractivity contribution in [1.82, 2.24) is 15.3 Å². The molecule has 0 saturated heterocycles. The zero-order chi connectivity index (χ0) is 20.6. The minimum absolute atomic E-state index is 0.182.